The summed E-state index contributed by atoms with van der Waals surface area (Å²) in [6.07, 6.45) is 5.16. The first-order chi connectivity index (χ1) is 8.46. The van der Waals surface area contributed by atoms with Crippen molar-refractivity contribution >= 4 is 0 Å². The van der Waals surface area contributed by atoms with Crippen molar-refractivity contribution < 1.29 is 4.74 Å². The summed E-state index contributed by atoms with van der Waals surface area (Å²) in [5.41, 5.74) is -0.0303. The molecule has 0 aliphatic heterocycles. The SMILES string of the molecule is CCNC(C1CC(C)CC(C)C1)C(C)(CC)OC. The first-order valence-electron chi connectivity index (χ1n) is 7.75. The summed E-state index contributed by atoms with van der Waals surface area (Å²) in [5, 5.41) is 3.71. The molecule has 4 atom stereocenters. The van der Waals surface area contributed by atoms with E-state index in [4.69, 9.17) is 4.74 Å². The molecule has 0 radical (unpaired) electrons. The fraction of sp³-hybridized carbons (Fsp3) is 1.00. The Kier molecular flexibility index (Phi) is 6.13. The van der Waals surface area contributed by atoms with Gasteiger partial charge in [-0.05, 0) is 56.9 Å². The Labute approximate surface area is 114 Å². The Morgan fingerprint density at radius 1 is 1.17 bits per heavy atom. The van der Waals surface area contributed by atoms with E-state index in [9.17, 15) is 0 Å². The van der Waals surface area contributed by atoms with Gasteiger partial charge >= 0.3 is 0 Å². The molecule has 108 valence electrons. The average Bonchev–Trinajstić information content (AvgIpc) is 2.33. The number of ether oxygens (including phenoxy) is 1. The molecule has 0 spiro atoms. The van der Waals surface area contributed by atoms with Crippen LogP contribution in [0.3, 0.4) is 0 Å². The fourth-order valence-electron chi connectivity index (χ4n) is 3.87. The van der Waals surface area contributed by atoms with Crippen LogP contribution in [0.1, 0.15) is 60.3 Å². The molecule has 1 N–H and O–H groups in total. The van der Waals surface area contributed by atoms with E-state index in [1.807, 2.05) is 7.11 Å². The third kappa shape index (κ3) is 3.71. The molecular formula is C16H33NO. The number of nitrogens with one attached hydrogen (secondary N) is 1. The monoisotopic (exact) mass is 255 g/mol. The van der Waals surface area contributed by atoms with Crippen LogP contribution in [0.4, 0.5) is 0 Å². The summed E-state index contributed by atoms with van der Waals surface area (Å²) >= 11 is 0. The standard InChI is InChI=1S/C16H33NO/c1-7-16(5,18-6)15(17-8-2)14-10-12(3)9-13(4)11-14/h12-15,17H,7-11H2,1-6H3. The molecule has 1 aliphatic rings. The van der Waals surface area contributed by atoms with Crippen molar-refractivity contribution in [3.8, 4) is 0 Å². The molecule has 18 heavy (non-hydrogen) atoms. The maximum atomic E-state index is 5.86. The third-order valence-electron chi connectivity index (χ3n) is 4.94. The lowest BCUT2D eigenvalue weighted by Gasteiger charge is -2.45. The minimum Gasteiger partial charge on any atom is -0.377 e. The quantitative estimate of drug-likeness (QED) is 0.778. The molecular weight excluding hydrogens is 222 g/mol. The van der Waals surface area contributed by atoms with Gasteiger partial charge in [0.2, 0.25) is 0 Å². The second kappa shape index (κ2) is 6.91. The first kappa shape index (κ1) is 16.0. The summed E-state index contributed by atoms with van der Waals surface area (Å²) in [4.78, 5) is 0. The van der Waals surface area contributed by atoms with E-state index in [0.29, 0.717) is 6.04 Å². The van der Waals surface area contributed by atoms with Crippen LogP contribution >= 0.6 is 0 Å². The largest absolute Gasteiger partial charge is 0.377 e. The molecule has 4 unspecified atom stereocenters. The van der Waals surface area contributed by atoms with E-state index >= 15 is 0 Å². The minimum atomic E-state index is -0.0303. The molecule has 0 aromatic carbocycles. The Hall–Kier alpha value is -0.0800. The molecule has 1 fully saturated rings. The number of hydrogen-bond acceptors (Lipinski definition) is 2. The maximum Gasteiger partial charge on any atom is 0.0803 e. The molecule has 0 heterocycles. The molecule has 0 aromatic rings. The highest BCUT2D eigenvalue weighted by atomic mass is 16.5. The fourth-order valence-corrected chi connectivity index (χ4v) is 3.87. The van der Waals surface area contributed by atoms with Crippen LogP contribution in [0.5, 0.6) is 0 Å². The van der Waals surface area contributed by atoms with Gasteiger partial charge in [-0.25, -0.2) is 0 Å². The Balaban J connectivity index is 2.83. The molecule has 2 heteroatoms. The number of likely N-dealkylation sites (N-methyl/N-ethyl adjacent to an activating group) is 1. The van der Waals surface area contributed by atoms with Crippen molar-refractivity contribution in [3.05, 3.63) is 0 Å². The second-order valence-corrected chi connectivity index (χ2v) is 6.58. The zero-order chi connectivity index (χ0) is 13.8. The van der Waals surface area contributed by atoms with Crippen molar-refractivity contribution in [1.29, 1.82) is 0 Å². The van der Waals surface area contributed by atoms with Gasteiger partial charge in [0.25, 0.3) is 0 Å². The van der Waals surface area contributed by atoms with Gasteiger partial charge in [-0.2, -0.15) is 0 Å². The molecule has 0 saturated heterocycles. The minimum absolute atomic E-state index is 0.0303. The van der Waals surface area contributed by atoms with Crippen molar-refractivity contribution in [2.75, 3.05) is 13.7 Å². The van der Waals surface area contributed by atoms with Crippen molar-refractivity contribution in [2.24, 2.45) is 17.8 Å². The summed E-state index contributed by atoms with van der Waals surface area (Å²) < 4.78 is 5.86. The van der Waals surface area contributed by atoms with Crippen LogP contribution in [-0.4, -0.2) is 25.3 Å². The highest BCUT2D eigenvalue weighted by Gasteiger charge is 2.40. The van der Waals surface area contributed by atoms with Gasteiger partial charge in [0.05, 0.1) is 5.60 Å². The highest BCUT2D eigenvalue weighted by molar-refractivity contribution is 4.95. The Bertz CT molecular complexity index is 227. The van der Waals surface area contributed by atoms with Crippen molar-refractivity contribution in [3.63, 3.8) is 0 Å². The zero-order valence-corrected chi connectivity index (χ0v) is 13.3. The van der Waals surface area contributed by atoms with Crippen LogP contribution in [0.15, 0.2) is 0 Å². The molecule has 1 rings (SSSR count). The Morgan fingerprint density at radius 3 is 2.11 bits per heavy atom. The average molecular weight is 255 g/mol. The van der Waals surface area contributed by atoms with Crippen LogP contribution in [-0.2, 0) is 4.74 Å². The van der Waals surface area contributed by atoms with E-state index < -0.39 is 0 Å². The lowest BCUT2D eigenvalue weighted by atomic mass is 9.69. The molecule has 0 aromatic heterocycles. The topological polar surface area (TPSA) is 21.3 Å². The van der Waals surface area contributed by atoms with Gasteiger partial charge < -0.3 is 10.1 Å². The normalized spacial score (nSPS) is 34.0. The van der Waals surface area contributed by atoms with Crippen molar-refractivity contribution in [1.82, 2.24) is 5.32 Å². The van der Waals surface area contributed by atoms with Gasteiger partial charge in [0.15, 0.2) is 0 Å². The summed E-state index contributed by atoms with van der Waals surface area (Å²) in [7, 11) is 1.86. The first-order valence-corrected chi connectivity index (χ1v) is 7.75. The number of hydrogen-bond donors (Lipinski definition) is 1. The zero-order valence-electron chi connectivity index (χ0n) is 13.3. The van der Waals surface area contributed by atoms with E-state index in [-0.39, 0.29) is 5.60 Å². The number of rotatable bonds is 6. The van der Waals surface area contributed by atoms with Gasteiger partial charge in [0.1, 0.15) is 0 Å². The molecule has 0 bridgehead atoms. The van der Waals surface area contributed by atoms with Gasteiger partial charge in [-0.3, -0.25) is 0 Å². The summed E-state index contributed by atoms with van der Waals surface area (Å²) in [6, 6.07) is 0.489. The van der Waals surface area contributed by atoms with E-state index in [1.54, 1.807) is 0 Å². The van der Waals surface area contributed by atoms with Crippen LogP contribution < -0.4 is 5.32 Å². The third-order valence-corrected chi connectivity index (χ3v) is 4.94. The van der Waals surface area contributed by atoms with Gasteiger partial charge in [-0.1, -0.05) is 27.7 Å². The predicted molar refractivity (Wildman–Crippen MR) is 78.8 cm³/mol. The lowest BCUT2D eigenvalue weighted by Crippen LogP contribution is -2.55. The predicted octanol–water partition coefficient (Wildman–Crippen LogP) is 3.85. The lowest BCUT2D eigenvalue weighted by molar-refractivity contribution is -0.0550. The van der Waals surface area contributed by atoms with Crippen LogP contribution in [0, 0.1) is 17.8 Å². The highest BCUT2D eigenvalue weighted by Crippen LogP contribution is 2.38. The Morgan fingerprint density at radius 2 is 1.72 bits per heavy atom. The molecule has 1 aliphatic carbocycles. The van der Waals surface area contributed by atoms with Crippen LogP contribution in [0.2, 0.25) is 0 Å². The van der Waals surface area contributed by atoms with E-state index in [2.05, 4.69) is 39.9 Å². The maximum absolute atomic E-state index is 5.86. The van der Waals surface area contributed by atoms with Crippen molar-refractivity contribution in [2.45, 2.75) is 71.9 Å². The molecule has 1 saturated carbocycles. The van der Waals surface area contributed by atoms with Gasteiger partial charge in [0, 0.05) is 13.2 Å². The summed E-state index contributed by atoms with van der Waals surface area (Å²) in [5.74, 6) is 2.48. The smallest absolute Gasteiger partial charge is 0.0803 e. The van der Waals surface area contributed by atoms with Crippen LogP contribution in [0.25, 0.3) is 0 Å². The molecule has 0 amide bonds. The van der Waals surface area contributed by atoms with E-state index in [0.717, 1.165) is 30.7 Å². The van der Waals surface area contributed by atoms with E-state index in [1.165, 1.54) is 19.3 Å². The molecule has 2 nitrogen and oxygen atoms in total. The number of methoxy groups -OCH3 is 1. The summed E-state index contributed by atoms with van der Waals surface area (Å²) in [6.45, 7) is 12.6. The van der Waals surface area contributed by atoms with Gasteiger partial charge in [-0.15, -0.1) is 0 Å². The second-order valence-electron chi connectivity index (χ2n) is 6.58.